The van der Waals surface area contributed by atoms with Gasteiger partial charge >= 0.3 is 6.18 Å². The molecule has 88 valence electrons. The molecule has 0 spiro atoms. The summed E-state index contributed by atoms with van der Waals surface area (Å²) in [6.45, 7) is 1.46. The largest absolute Gasteiger partial charge is 0.418 e. The van der Waals surface area contributed by atoms with Crippen LogP contribution in [0.1, 0.15) is 30.0 Å². The van der Waals surface area contributed by atoms with Gasteiger partial charge in [-0.1, -0.05) is 0 Å². The third-order valence-corrected chi connectivity index (χ3v) is 2.83. The Morgan fingerprint density at radius 2 is 2.19 bits per heavy atom. The molecule has 0 saturated carbocycles. The van der Waals surface area contributed by atoms with Crippen molar-refractivity contribution < 1.29 is 13.2 Å². The number of alkyl halides is 3. The second-order valence-electron chi connectivity index (χ2n) is 3.98. The Labute approximate surface area is 91.9 Å². The number of nitrogens with one attached hydrogen (secondary N) is 1. The number of halogens is 3. The molecule has 1 aliphatic heterocycles. The van der Waals surface area contributed by atoms with E-state index in [1.165, 1.54) is 12.3 Å². The molecule has 0 amide bonds. The highest BCUT2D eigenvalue weighted by molar-refractivity contribution is 5.26. The van der Waals surface area contributed by atoms with Crippen LogP contribution in [0.4, 0.5) is 13.2 Å². The van der Waals surface area contributed by atoms with Crippen molar-refractivity contribution in [2.24, 2.45) is 0 Å². The van der Waals surface area contributed by atoms with Gasteiger partial charge in [0.15, 0.2) is 0 Å². The second-order valence-corrected chi connectivity index (χ2v) is 3.98. The Balaban J connectivity index is 2.32. The molecule has 1 atom stereocenters. The lowest BCUT2D eigenvalue weighted by molar-refractivity contribution is -0.138. The van der Waals surface area contributed by atoms with Gasteiger partial charge in [0.1, 0.15) is 0 Å². The lowest BCUT2D eigenvalue weighted by Crippen LogP contribution is -2.30. The summed E-state index contributed by atoms with van der Waals surface area (Å²) in [6, 6.07) is 2.44. The molecule has 0 bridgehead atoms. The van der Waals surface area contributed by atoms with Crippen LogP contribution in [0.5, 0.6) is 0 Å². The molecule has 2 rings (SSSR count). The van der Waals surface area contributed by atoms with Crippen molar-refractivity contribution >= 4 is 0 Å². The van der Waals surface area contributed by atoms with Crippen molar-refractivity contribution in [1.29, 1.82) is 0 Å². The standard InChI is InChI=1S/C11H13F3N2/c12-11(13,14)9-4-2-6-16-10(9)8-3-1-5-15-7-8/h2,4,6,8,15H,1,3,5,7H2. The van der Waals surface area contributed by atoms with Gasteiger partial charge in [-0.25, -0.2) is 0 Å². The highest BCUT2D eigenvalue weighted by Gasteiger charge is 2.36. The van der Waals surface area contributed by atoms with Gasteiger partial charge in [-0.05, 0) is 31.5 Å². The van der Waals surface area contributed by atoms with Crippen LogP contribution in [-0.4, -0.2) is 18.1 Å². The van der Waals surface area contributed by atoms with Gasteiger partial charge in [-0.15, -0.1) is 0 Å². The van der Waals surface area contributed by atoms with E-state index in [1.807, 2.05) is 0 Å². The summed E-state index contributed by atoms with van der Waals surface area (Å²) in [6.07, 6.45) is -1.20. The maximum absolute atomic E-state index is 12.7. The third-order valence-electron chi connectivity index (χ3n) is 2.83. The predicted molar refractivity (Wildman–Crippen MR) is 54.1 cm³/mol. The Hall–Kier alpha value is -1.10. The monoisotopic (exact) mass is 230 g/mol. The first-order valence-electron chi connectivity index (χ1n) is 5.32. The minimum absolute atomic E-state index is 0.119. The summed E-state index contributed by atoms with van der Waals surface area (Å²) < 4.78 is 38.2. The van der Waals surface area contributed by atoms with Crippen molar-refractivity contribution in [1.82, 2.24) is 10.3 Å². The van der Waals surface area contributed by atoms with Crippen molar-refractivity contribution in [3.8, 4) is 0 Å². The van der Waals surface area contributed by atoms with Gasteiger partial charge in [0.05, 0.1) is 11.3 Å². The van der Waals surface area contributed by atoms with E-state index in [0.717, 1.165) is 25.5 Å². The highest BCUT2D eigenvalue weighted by atomic mass is 19.4. The fraction of sp³-hybridized carbons (Fsp3) is 0.545. The van der Waals surface area contributed by atoms with E-state index in [9.17, 15) is 13.2 Å². The number of nitrogens with zero attached hydrogens (tertiary/aromatic N) is 1. The average Bonchev–Trinajstić information content (AvgIpc) is 2.29. The quantitative estimate of drug-likeness (QED) is 0.802. The van der Waals surface area contributed by atoms with Crippen LogP contribution in [0.2, 0.25) is 0 Å². The summed E-state index contributed by atoms with van der Waals surface area (Å²) in [5, 5.41) is 3.10. The normalized spacial score (nSPS) is 22.1. The smallest absolute Gasteiger partial charge is 0.316 e. The van der Waals surface area contributed by atoms with E-state index in [1.54, 1.807) is 0 Å². The maximum Gasteiger partial charge on any atom is 0.418 e. The van der Waals surface area contributed by atoms with E-state index in [2.05, 4.69) is 10.3 Å². The Morgan fingerprint density at radius 3 is 2.81 bits per heavy atom. The van der Waals surface area contributed by atoms with Crippen LogP contribution < -0.4 is 5.32 Å². The molecular weight excluding hydrogens is 217 g/mol. The van der Waals surface area contributed by atoms with Gasteiger partial charge in [0.25, 0.3) is 0 Å². The molecular formula is C11H13F3N2. The first-order chi connectivity index (χ1) is 7.59. The Kier molecular flexibility index (Phi) is 3.14. The van der Waals surface area contributed by atoms with Gasteiger partial charge in [0, 0.05) is 18.7 Å². The molecule has 0 radical (unpaired) electrons. The van der Waals surface area contributed by atoms with E-state index in [0.29, 0.717) is 6.54 Å². The van der Waals surface area contributed by atoms with Gasteiger partial charge < -0.3 is 5.32 Å². The van der Waals surface area contributed by atoms with Crippen molar-refractivity contribution in [2.45, 2.75) is 24.9 Å². The second kappa shape index (κ2) is 4.41. The fourth-order valence-electron chi connectivity index (χ4n) is 2.07. The van der Waals surface area contributed by atoms with E-state index < -0.39 is 11.7 Å². The average molecular weight is 230 g/mol. The minimum Gasteiger partial charge on any atom is -0.316 e. The molecule has 5 heteroatoms. The molecule has 0 aliphatic carbocycles. The molecule has 0 aromatic carbocycles. The predicted octanol–water partition coefficient (Wildman–Crippen LogP) is 2.57. The molecule has 1 aliphatic rings. The Morgan fingerprint density at radius 1 is 1.38 bits per heavy atom. The van der Waals surface area contributed by atoms with E-state index in [4.69, 9.17) is 0 Å². The van der Waals surface area contributed by atoms with E-state index in [-0.39, 0.29) is 11.6 Å². The van der Waals surface area contributed by atoms with Crippen molar-refractivity contribution in [2.75, 3.05) is 13.1 Å². The minimum atomic E-state index is -4.30. The molecule has 1 N–H and O–H groups in total. The third kappa shape index (κ3) is 2.35. The molecule has 1 fully saturated rings. The van der Waals surface area contributed by atoms with Gasteiger partial charge in [0.2, 0.25) is 0 Å². The summed E-state index contributed by atoms with van der Waals surface area (Å²) in [5.41, 5.74) is -0.411. The fourth-order valence-corrected chi connectivity index (χ4v) is 2.07. The number of hydrogen-bond donors (Lipinski definition) is 1. The van der Waals surface area contributed by atoms with Crippen LogP contribution in [-0.2, 0) is 6.18 Å². The topological polar surface area (TPSA) is 24.9 Å². The zero-order valence-corrected chi connectivity index (χ0v) is 8.72. The molecule has 2 nitrogen and oxygen atoms in total. The number of piperidine rings is 1. The zero-order valence-electron chi connectivity index (χ0n) is 8.72. The summed E-state index contributed by atoms with van der Waals surface area (Å²) in [4.78, 5) is 3.91. The van der Waals surface area contributed by atoms with E-state index >= 15 is 0 Å². The highest BCUT2D eigenvalue weighted by Crippen LogP contribution is 2.35. The number of rotatable bonds is 1. The molecule has 2 heterocycles. The van der Waals surface area contributed by atoms with Crippen LogP contribution in [0.25, 0.3) is 0 Å². The SMILES string of the molecule is FC(F)(F)c1cccnc1C1CCCNC1. The first kappa shape index (κ1) is 11.4. The molecule has 1 aromatic rings. The number of aromatic nitrogens is 1. The molecule has 1 unspecified atom stereocenters. The van der Waals surface area contributed by atoms with Crippen molar-refractivity contribution in [3.05, 3.63) is 29.6 Å². The van der Waals surface area contributed by atoms with Crippen LogP contribution >= 0.6 is 0 Å². The summed E-state index contributed by atoms with van der Waals surface area (Å²) >= 11 is 0. The summed E-state index contributed by atoms with van der Waals surface area (Å²) in [7, 11) is 0. The number of pyridine rings is 1. The number of hydrogen-bond acceptors (Lipinski definition) is 2. The van der Waals surface area contributed by atoms with Crippen LogP contribution in [0, 0.1) is 0 Å². The van der Waals surface area contributed by atoms with Crippen LogP contribution in [0.3, 0.4) is 0 Å². The lowest BCUT2D eigenvalue weighted by atomic mass is 9.92. The molecule has 16 heavy (non-hydrogen) atoms. The summed E-state index contributed by atoms with van der Waals surface area (Å²) in [5.74, 6) is -0.119. The lowest BCUT2D eigenvalue weighted by Gasteiger charge is -2.24. The van der Waals surface area contributed by atoms with Crippen LogP contribution in [0.15, 0.2) is 18.3 Å². The zero-order chi connectivity index (χ0) is 11.6. The molecule has 1 saturated heterocycles. The van der Waals surface area contributed by atoms with Crippen molar-refractivity contribution in [3.63, 3.8) is 0 Å². The Bertz CT molecular complexity index is 356. The molecule has 1 aromatic heterocycles. The maximum atomic E-state index is 12.7. The van der Waals surface area contributed by atoms with Gasteiger partial charge in [-0.2, -0.15) is 13.2 Å². The van der Waals surface area contributed by atoms with Gasteiger partial charge in [-0.3, -0.25) is 4.98 Å². The first-order valence-corrected chi connectivity index (χ1v) is 5.32.